The Morgan fingerprint density at radius 2 is 1.22 bits per heavy atom. The van der Waals surface area contributed by atoms with Crippen molar-refractivity contribution in [1.29, 1.82) is 0 Å². The summed E-state index contributed by atoms with van der Waals surface area (Å²) in [6, 6.07) is 3.41. The van der Waals surface area contributed by atoms with Crippen LogP contribution in [0.5, 0.6) is 17.2 Å². The van der Waals surface area contributed by atoms with Gasteiger partial charge in [-0.25, -0.2) is 0 Å². The summed E-state index contributed by atoms with van der Waals surface area (Å²) in [5, 5.41) is 10.2. The zero-order valence-corrected chi connectivity index (χ0v) is 12.1. The molecule has 1 aromatic carbocycles. The third kappa shape index (κ3) is 4.47. The molecule has 0 bridgehead atoms. The van der Waals surface area contributed by atoms with Crippen LogP contribution in [0, 0.1) is 6.92 Å². The van der Waals surface area contributed by atoms with Gasteiger partial charge in [0.05, 0.1) is 0 Å². The van der Waals surface area contributed by atoms with Gasteiger partial charge in [0.2, 0.25) is 5.75 Å². The topological polar surface area (TPSA) is 38.7 Å². The van der Waals surface area contributed by atoms with Gasteiger partial charge >= 0.3 is 0 Å². The quantitative estimate of drug-likeness (QED) is 0.865. The van der Waals surface area contributed by atoms with Crippen molar-refractivity contribution < 1.29 is 14.6 Å². The van der Waals surface area contributed by atoms with Crippen molar-refractivity contribution in [1.82, 2.24) is 0 Å². The molecule has 3 nitrogen and oxygen atoms in total. The van der Waals surface area contributed by atoms with Gasteiger partial charge in [0.25, 0.3) is 0 Å². The highest BCUT2D eigenvalue weighted by Crippen LogP contribution is 2.40. The Balaban J connectivity index is 3.14. The van der Waals surface area contributed by atoms with Gasteiger partial charge in [-0.15, -0.1) is 0 Å². The first kappa shape index (κ1) is 14.7. The molecule has 1 N–H and O–H groups in total. The fraction of sp³-hybridized carbons (Fsp3) is 0.533. The zero-order valence-electron chi connectivity index (χ0n) is 12.1. The number of phenols is 1. The van der Waals surface area contributed by atoms with E-state index in [0.29, 0.717) is 11.5 Å². The molecule has 3 heteroatoms. The Morgan fingerprint density at radius 1 is 0.889 bits per heavy atom. The minimum Gasteiger partial charge on any atom is -0.502 e. The van der Waals surface area contributed by atoms with E-state index in [2.05, 4.69) is 6.92 Å². The highest BCUT2D eigenvalue weighted by Gasteiger charge is 2.21. The van der Waals surface area contributed by atoms with Gasteiger partial charge in [-0.2, -0.15) is 0 Å². The molecule has 0 aromatic heterocycles. The predicted molar refractivity (Wildman–Crippen MR) is 73.3 cm³/mol. The molecule has 1 aromatic rings. The number of ether oxygens (including phenoxy) is 2. The lowest BCUT2D eigenvalue weighted by atomic mass is 10.1. The van der Waals surface area contributed by atoms with Crippen LogP contribution in [0.25, 0.3) is 0 Å². The van der Waals surface area contributed by atoms with Crippen molar-refractivity contribution in [2.75, 3.05) is 0 Å². The summed E-state index contributed by atoms with van der Waals surface area (Å²) >= 11 is 0. The van der Waals surface area contributed by atoms with Crippen molar-refractivity contribution in [2.45, 2.75) is 52.7 Å². The van der Waals surface area contributed by atoms with Gasteiger partial charge in [0, 0.05) is 0 Å². The number of hydrogen-bond donors (Lipinski definition) is 1. The molecule has 0 aliphatic carbocycles. The maximum Gasteiger partial charge on any atom is 0.200 e. The average molecular weight is 251 g/mol. The van der Waals surface area contributed by atoms with Gasteiger partial charge in [0.15, 0.2) is 11.5 Å². The predicted octanol–water partition coefficient (Wildman–Crippen LogP) is 3.93. The molecule has 0 saturated heterocycles. The number of phenolic OH excluding ortho intramolecular Hbond substituents is 1. The summed E-state index contributed by atoms with van der Waals surface area (Å²) in [7, 11) is 0. The average Bonchev–Trinajstić information content (AvgIpc) is 2.07. The molecule has 0 aliphatic heterocycles. The molecular weight excluding hydrogens is 228 g/mol. The third-order valence-corrected chi connectivity index (χ3v) is 1.93. The van der Waals surface area contributed by atoms with Crippen molar-refractivity contribution in [3.05, 3.63) is 24.6 Å². The lowest BCUT2D eigenvalue weighted by molar-refractivity contribution is 0.112. The standard InChI is InChI=1S/C15H23O3/c1-10-8-11(17-14(2,3)4)13(16)12(9-10)18-15(5,6)7/h8-9,16H,1H2,2-7H3. The van der Waals surface area contributed by atoms with Crippen LogP contribution in [0.3, 0.4) is 0 Å². The molecule has 0 aliphatic rings. The van der Waals surface area contributed by atoms with Crippen molar-refractivity contribution in [2.24, 2.45) is 0 Å². The van der Waals surface area contributed by atoms with Gasteiger partial charge in [-0.05, 0) is 66.2 Å². The molecule has 0 unspecified atom stereocenters. The Bertz CT molecular complexity index is 385. The summed E-state index contributed by atoms with van der Waals surface area (Å²) in [6.45, 7) is 15.4. The van der Waals surface area contributed by atoms with E-state index >= 15 is 0 Å². The number of hydrogen-bond acceptors (Lipinski definition) is 3. The lowest BCUT2D eigenvalue weighted by Crippen LogP contribution is -2.24. The Labute approximate surface area is 110 Å². The minimum atomic E-state index is -0.385. The Morgan fingerprint density at radius 3 is 1.50 bits per heavy atom. The van der Waals surface area contributed by atoms with Crippen LogP contribution in [0.1, 0.15) is 47.1 Å². The summed E-state index contributed by atoms with van der Waals surface area (Å²) < 4.78 is 11.4. The van der Waals surface area contributed by atoms with Crippen molar-refractivity contribution in [3.63, 3.8) is 0 Å². The van der Waals surface area contributed by atoms with E-state index in [1.807, 2.05) is 41.5 Å². The summed E-state index contributed by atoms with van der Waals surface area (Å²) in [4.78, 5) is 0. The van der Waals surface area contributed by atoms with E-state index in [9.17, 15) is 5.11 Å². The molecule has 101 valence electrons. The first-order chi connectivity index (χ1) is 7.98. The summed E-state index contributed by atoms with van der Waals surface area (Å²) in [5.41, 5.74) is -0.0273. The minimum absolute atomic E-state index is 0.0206. The molecule has 1 rings (SSSR count). The zero-order chi connectivity index (χ0) is 14.1. The molecule has 0 saturated carbocycles. The third-order valence-electron chi connectivity index (χ3n) is 1.93. The van der Waals surface area contributed by atoms with Crippen LogP contribution in [0.2, 0.25) is 0 Å². The highest BCUT2D eigenvalue weighted by molar-refractivity contribution is 5.53. The molecule has 0 heterocycles. The fourth-order valence-electron chi connectivity index (χ4n) is 1.45. The Hall–Kier alpha value is -1.38. The van der Waals surface area contributed by atoms with Crippen LogP contribution < -0.4 is 9.47 Å². The smallest absolute Gasteiger partial charge is 0.200 e. The summed E-state index contributed by atoms with van der Waals surface area (Å²) in [6.07, 6.45) is 0. The van der Waals surface area contributed by atoms with E-state index < -0.39 is 0 Å². The highest BCUT2D eigenvalue weighted by atomic mass is 16.5. The maximum atomic E-state index is 10.2. The molecule has 18 heavy (non-hydrogen) atoms. The first-order valence-electron chi connectivity index (χ1n) is 6.05. The second-order valence-electron chi connectivity index (χ2n) is 6.37. The molecule has 0 amide bonds. The van der Waals surface area contributed by atoms with Gasteiger partial charge in [-0.3, -0.25) is 0 Å². The lowest BCUT2D eigenvalue weighted by Gasteiger charge is -2.26. The maximum absolute atomic E-state index is 10.2. The van der Waals surface area contributed by atoms with Gasteiger partial charge < -0.3 is 14.6 Å². The van der Waals surface area contributed by atoms with Crippen LogP contribution >= 0.6 is 0 Å². The number of benzene rings is 1. The van der Waals surface area contributed by atoms with Gasteiger partial charge in [-0.1, -0.05) is 0 Å². The van der Waals surface area contributed by atoms with E-state index in [1.165, 1.54) is 0 Å². The number of rotatable bonds is 2. The molecule has 0 atom stereocenters. The SMILES string of the molecule is [CH2]c1cc(OC(C)(C)C)c(O)c(OC(C)(C)C)c1. The summed E-state index contributed by atoms with van der Waals surface area (Å²) in [5.74, 6) is 0.816. The second kappa shape index (κ2) is 4.71. The molecule has 0 fully saturated rings. The first-order valence-corrected chi connectivity index (χ1v) is 6.05. The van der Waals surface area contributed by atoms with Crippen LogP contribution in [-0.4, -0.2) is 16.3 Å². The number of aromatic hydroxyl groups is 1. The largest absolute Gasteiger partial charge is 0.502 e. The van der Waals surface area contributed by atoms with Crippen LogP contribution in [0.15, 0.2) is 12.1 Å². The molecule has 0 spiro atoms. The van der Waals surface area contributed by atoms with Crippen molar-refractivity contribution in [3.8, 4) is 17.2 Å². The van der Waals surface area contributed by atoms with Gasteiger partial charge in [0.1, 0.15) is 11.2 Å². The van der Waals surface area contributed by atoms with E-state index in [0.717, 1.165) is 5.56 Å². The van der Waals surface area contributed by atoms with E-state index in [4.69, 9.17) is 9.47 Å². The van der Waals surface area contributed by atoms with E-state index in [-0.39, 0.29) is 17.0 Å². The van der Waals surface area contributed by atoms with Crippen LogP contribution in [-0.2, 0) is 0 Å². The normalized spacial score (nSPS) is 12.4. The molecular formula is C15H23O3. The van der Waals surface area contributed by atoms with E-state index in [1.54, 1.807) is 12.1 Å². The molecule has 1 radical (unpaired) electrons. The van der Waals surface area contributed by atoms with Crippen LogP contribution in [0.4, 0.5) is 0 Å². The monoisotopic (exact) mass is 251 g/mol. The fourth-order valence-corrected chi connectivity index (χ4v) is 1.45. The van der Waals surface area contributed by atoms with Crippen molar-refractivity contribution >= 4 is 0 Å². The second-order valence-corrected chi connectivity index (χ2v) is 6.37. The Kier molecular flexibility index (Phi) is 3.84.